The standard InChI is InChI=1S/C14H12N2O6S/c1-22-9-6-7-11(15-8-9)13(17)16-23(20,21)12-5-3-2-4-10(12)14(18)19/h2-8H,1H3,(H,16,17)(H,18,19). The van der Waals surface area contributed by atoms with Gasteiger partial charge in [-0.3, -0.25) is 4.79 Å². The molecule has 0 saturated carbocycles. The van der Waals surface area contributed by atoms with Gasteiger partial charge < -0.3 is 9.84 Å². The van der Waals surface area contributed by atoms with Crippen LogP contribution in [-0.2, 0) is 10.0 Å². The molecule has 23 heavy (non-hydrogen) atoms. The molecule has 0 fully saturated rings. The van der Waals surface area contributed by atoms with Gasteiger partial charge in [-0.1, -0.05) is 12.1 Å². The van der Waals surface area contributed by atoms with Crippen LogP contribution in [-0.4, -0.2) is 37.5 Å². The number of pyridine rings is 1. The van der Waals surface area contributed by atoms with E-state index >= 15 is 0 Å². The summed E-state index contributed by atoms with van der Waals surface area (Å²) in [5.74, 6) is -1.99. The molecule has 1 aromatic heterocycles. The van der Waals surface area contributed by atoms with E-state index in [1.165, 1.54) is 37.6 Å². The van der Waals surface area contributed by atoms with Crippen molar-refractivity contribution in [1.29, 1.82) is 0 Å². The molecular formula is C14H12N2O6S. The number of hydrogen-bond acceptors (Lipinski definition) is 6. The first-order valence-electron chi connectivity index (χ1n) is 6.24. The van der Waals surface area contributed by atoms with Crippen LogP contribution in [0.25, 0.3) is 0 Å². The zero-order valence-corrected chi connectivity index (χ0v) is 12.7. The number of carboxylic acids is 1. The van der Waals surface area contributed by atoms with Crippen LogP contribution in [0, 0.1) is 0 Å². The molecule has 0 aliphatic carbocycles. The lowest BCUT2D eigenvalue weighted by Crippen LogP contribution is -2.32. The van der Waals surface area contributed by atoms with E-state index in [2.05, 4.69) is 4.98 Å². The number of aromatic nitrogens is 1. The van der Waals surface area contributed by atoms with Crippen LogP contribution in [0.5, 0.6) is 5.75 Å². The van der Waals surface area contributed by atoms with Crippen molar-refractivity contribution in [1.82, 2.24) is 9.71 Å². The number of sulfonamides is 1. The average Bonchev–Trinajstić information content (AvgIpc) is 2.54. The number of hydrogen-bond donors (Lipinski definition) is 2. The van der Waals surface area contributed by atoms with E-state index in [4.69, 9.17) is 9.84 Å². The highest BCUT2D eigenvalue weighted by Gasteiger charge is 2.24. The van der Waals surface area contributed by atoms with Crippen molar-refractivity contribution >= 4 is 21.9 Å². The molecular weight excluding hydrogens is 324 g/mol. The molecule has 1 amide bonds. The Morgan fingerprint density at radius 2 is 1.87 bits per heavy atom. The lowest BCUT2D eigenvalue weighted by Gasteiger charge is -2.09. The molecule has 0 aliphatic heterocycles. The average molecular weight is 336 g/mol. The van der Waals surface area contributed by atoms with Crippen LogP contribution < -0.4 is 9.46 Å². The smallest absolute Gasteiger partial charge is 0.337 e. The molecule has 120 valence electrons. The van der Waals surface area contributed by atoms with Crippen molar-refractivity contribution in [2.75, 3.05) is 7.11 Å². The summed E-state index contributed by atoms with van der Waals surface area (Å²) in [6.07, 6.45) is 1.26. The number of aromatic carboxylic acids is 1. The normalized spacial score (nSPS) is 10.8. The van der Waals surface area contributed by atoms with Crippen LogP contribution in [0.2, 0.25) is 0 Å². The van der Waals surface area contributed by atoms with Crippen molar-refractivity contribution < 1.29 is 27.9 Å². The van der Waals surface area contributed by atoms with Crippen LogP contribution in [0.3, 0.4) is 0 Å². The topological polar surface area (TPSA) is 123 Å². The molecule has 0 spiro atoms. The van der Waals surface area contributed by atoms with Crippen LogP contribution in [0.1, 0.15) is 20.8 Å². The number of nitrogens with one attached hydrogen (secondary N) is 1. The van der Waals surface area contributed by atoms with E-state index in [1.54, 1.807) is 4.72 Å². The van der Waals surface area contributed by atoms with Gasteiger partial charge in [0, 0.05) is 0 Å². The van der Waals surface area contributed by atoms with Gasteiger partial charge in [0.2, 0.25) is 0 Å². The first-order chi connectivity index (χ1) is 10.8. The van der Waals surface area contributed by atoms with Gasteiger partial charge in [0.1, 0.15) is 16.3 Å². The minimum atomic E-state index is -4.35. The molecule has 9 heteroatoms. The van der Waals surface area contributed by atoms with E-state index < -0.39 is 32.4 Å². The lowest BCUT2D eigenvalue weighted by molar-refractivity contribution is 0.0692. The molecule has 0 atom stereocenters. The van der Waals surface area contributed by atoms with E-state index in [-0.39, 0.29) is 5.69 Å². The molecule has 2 rings (SSSR count). The van der Waals surface area contributed by atoms with Crippen molar-refractivity contribution in [2.45, 2.75) is 4.90 Å². The lowest BCUT2D eigenvalue weighted by atomic mass is 10.2. The molecule has 8 nitrogen and oxygen atoms in total. The third kappa shape index (κ3) is 3.64. The second-order valence-corrected chi connectivity index (χ2v) is 5.97. The summed E-state index contributed by atoms with van der Waals surface area (Å²) < 4.78 is 31.1. The van der Waals surface area contributed by atoms with Gasteiger partial charge in [-0.05, 0) is 24.3 Å². The minimum Gasteiger partial charge on any atom is -0.495 e. The Bertz CT molecular complexity index is 846. The Morgan fingerprint density at radius 3 is 2.43 bits per heavy atom. The number of benzene rings is 1. The SMILES string of the molecule is COc1ccc(C(=O)NS(=O)(=O)c2ccccc2C(=O)O)nc1. The Kier molecular flexibility index (Phi) is 4.60. The van der Waals surface area contributed by atoms with E-state index in [0.717, 1.165) is 12.1 Å². The third-order valence-electron chi connectivity index (χ3n) is 2.84. The molecule has 0 bridgehead atoms. The maximum Gasteiger partial charge on any atom is 0.337 e. The Hall–Kier alpha value is -2.94. The second-order valence-electron chi connectivity index (χ2n) is 4.32. The van der Waals surface area contributed by atoms with Gasteiger partial charge in [-0.2, -0.15) is 0 Å². The molecule has 0 radical (unpaired) electrons. The number of carboxylic acid groups (broad SMARTS) is 1. The van der Waals surface area contributed by atoms with Crippen molar-refractivity contribution in [3.8, 4) is 5.75 Å². The fourth-order valence-corrected chi connectivity index (χ4v) is 2.90. The molecule has 1 heterocycles. The summed E-state index contributed by atoms with van der Waals surface area (Å²) >= 11 is 0. The summed E-state index contributed by atoms with van der Waals surface area (Å²) in [5, 5.41) is 9.03. The maximum absolute atomic E-state index is 12.2. The molecule has 2 N–H and O–H groups in total. The molecule has 2 aromatic rings. The van der Waals surface area contributed by atoms with Gasteiger partial charge in [-0.25, -0.2) is 22.9 Å². The maximum atomic E-state index is 12.2. The van der Waals surface area contributed by atoms with E-state index in [1.807, 2.05) is 0 Å². The third-order valence-corrected chi connectivity index (χ3v) is 4.23. The van der Waals surface area contributed by atoms with Crippen molar-refractivity contribution in [3.05, 3.63) is 53.9 Å². The Balaban J connectivity index is 2.31. The number of methoxy groups -OCH3 is 1. The fraction of sp³-hybridized carbons (Fsp3) is 0.0714. The number of rotatable bonds is 5. The summed E-state index contributed by atoms with van der Waals surface area (Å²) in [6.45, 7) is 0. The predicted molar refractivity (Wildman–Crippen MR) is 78.8 cm³/mol. The zero-order chi connectivity index (χ0) is 17.0. The highest BCUT2D eigenvalue weighted by molar-refractivity contribution is 7.90. The predicted octanol–water partition coefficient (Wildman–Crippen LogP) is 0.907. The highest BCUT2D eigenvalue weighted by atomic mass is 32.2. The Morgan fingerprint density at radius 1 is 1.17 bits per heavy atom. The van der Waals surface area contributed by atoms with Gasteiger partial charge in [0.05, 0.1) is 18.9 Å². The first-order valence-corrected chi connectivity index (χ1v) is 7.73. The summed E-state index contributed by atoms with van der Waals surface area (Å²) in [5.41, 5.74) is -0.585. The zero-order valence-electron chi connectivity index (χ0n) is 11.9. The highest BCUT2D eigenvalue weighted by Crippen LogP contribution is 2.16. The van der Waals surface area contributed by atoms with Crippen LogP contribution >= 0.6 is 0 Å². The second kappa shape index (κ2) is 6.44. The number of ether oxygens (including phenoxy) is 1. The minimum absolute atomic E-state index is 0.151. The molecule has 1 aromatic carbocycles. The molecule has 0 unspecified atom stereocenters. The fourth-order valence-electron chi connectivity index (χ4n) is 1.74. The van der Waals surface area contributed by atoms with Crippen molar-refractivity contribution in [3.63, 3.8) is 0 Å². The number of carbonyl (C=O) groups is 2. The van der Waals surface area contributed by atoms with Crippen molar-refractivity contribution in [2.24, 2.45) is 0 Å². The quantitative estimate of drug-likeness (QED) is 0.831. The molecule has 0 saturated heterocycles. The van der Waals surface area contributed by atoms with Gasteiger partial charge in [-0.15, -0.1) is 0 Å². The largest absolute Gasteiger partial charge is 0.495 e. The van der Waals surface area contributed by atoms with E-state index in [9.17, 15) is 18.0 Å². The summed E-state index contributed by atoms with van der Waals surface area (Å²) in [6, 6.07) is 7.70. The van der Waals surface area contributed by atoms with Gasteiger partial charge >= 0.3 is 5.97 Å². The van der Waals surface area contributed by atoms with Crippen LogP contribution in [0.4, 0.5) is 0 Å². The Labute approximate surface area is 131 Å². The van der Waals surface area contributed by atoms with E-state index in [0.29, 0.717) is 5.75 Å². The van der Waals surface area contributed by atoms with Crippen LogP contribution in [0.15, 0.2) is 47.5 Å². The number of amides is 1. The number of carbonyl (C=O) groups excluding carboxylic acids is 1. The number of nitrogens with zero attached hydrogens (tertiary/aromatic N) is 1. The monoisotopic (exact) mass is 336 g/mol. The summed E-state index contributed by atoms with van der Waals surface area (Å²) in [7, 11) is -2.93. The first kappa shape index (κ1) is 16.4. The summed E-state index contributed by atoms with van der Waals surface area (Å²) in [4.78, 5) is 26.3. The van der Waals surface area contributed by atoms with Gasteiger partial charge in [0.25, 0.3) is 15.9 Å². The molecule has 0 aliphatic rings. The van der Waals surface area contributed by atoms with Gasteiger partial charge in [0.15, 0.2) is 0 Å².